The first-order valence-electron chi connectivity index (χ1n) is 6.23. The van der Waals surface area contributed by atoms with Gasteiger partial charge in [-0.1, -0.05) is 0 Å². The molecule has 0 aromatic carbocycles. The Morgan fingerprint density at radius 1 is 1.50 bits per heavy atom. The van der Waals surface area contributed by atoms with Crippen molar-refractivity contribution in [3.63, 3.8) is 0 Å². The van der Waals surface area contributed by atoms with Crippen LogP contribution in [0.15, 0.2) is 10.3 Å². The Morgan fingerprint density at radius 3 is 2.60 bits per heavy atom. The minimum absolute atomic E-state index is 0.0898. The topological polar surface area (TPSA) is 77.9 Å². The lowest BCUT2D eigenvalue weighted by atomic mass is 10.2. The number of carbonyl (C=O) groups is 1. The summed E-state index contributed by atoms with van der Waals surface area (Å²) in [4.78, 5) is 13.1. The van der Waals surface area contributed by atoms with Gasteiger partial charge in [0.15, 0.2) is 0 Å². The van der Waals surface area contributed by atoms with E-state index in [0.717, 1.165) is 17.8 Å². The molecule has 1 fully saturated rings. The van der Waals surface area contributed by atoms with E-state index in [0.29, 0.717) is 18.7 Å². The number of aromatic carboxylic acids is 1. The smallest absolute Gasteiger partial charge is 0.346 e. The van der Waals surface area contributed by atoms with Crippen LogP contribution in [0.2, 0.25) is 0 Å². The van der Waals surface area contributed by atoms with Crippen LogP contribution in [0.25, 0.3) is 0 Å². The number of rotatable bonds is 4. The number of likely N-dealkylation sites (N-methyl/N-ethyl adjacent to an activating group) is 1. The first-order chi connectivity index (χ1) is 9.23. The second kappa shape index (κ2) is 5.44. The fraction of sp³-hybridized carbons (Fsp3) is 0.583. The van der Waals surface area contributed by atoms with Crippen LogP contribution in [0.5, 0.6) is 0 Å². The van der Waals surface area contributed by atoms with E-state index in [-0.39, 0.29) is 15.1 Å². The zero-order valence-electron chi connectivity index (χ0n) is 11.7. The number of hydrogen-bond acceptors (Lipinski definition) is 5. The maximum absolute atomic E-state index is 12.5. The third-order valence-corrected chi connectivity index (χ3v) is 7.08. The first-order valence-corrected chi connectivity index (χ1v) is 8.49. The van der Waals surface area contributed by atoms with Gasteiger partial charge in [0.05, 0.1) is 0 Å². The van der Waals surface area contributed by atoms with E-state index in [1.54, 1.807) is 6.92 Å². The summed E-state index contributed by atoms with van der Waals surface area (Å²) in [5.41, 5.74) is 0.490. The van der Waals surface area contributed by atoms with Gasteiger partial charge >= 0.3 is 5.97 Å². The number of aryl methyl sites for hydroxylation is 1. The van der Waals surface area contributed by atoms with Gasteiger partial charge in [0.2, 0.25) is 0 Å². The highest BCUT2D eigenvalue weighted by atomic mass is 32.2. The largest absolute Gasteiger partial charge is 0.477 e. The highest BCUT2D eigenvalue weighted by Gasteiger charge is 2.35. The third-order valence-electron chi connectivity index (χ3n) is 3.54. The molecule has 1 aromatic rings. The van der Waals surface area contributed by atoms with Crippen molar-refractivity contribution in [2.75, 3.05) is 27.2 Å². The van der Waals surface area contributed by atoms with Gasteiger partial charge in [0, 0.05) is 19.1 Å². The van der Waals surface area contributed by atoms with Gasteiger partial charge in [-0.15, -0.1) is 11.3 Å². The summed E-state index contributed by atoms with van der Waals surface area (Å²) in [6.07, 6.45) is 0.794. The van der Waals surface area contributed by atoms with Gasteiger partial charge in [0.25, 0.3) is 10.0 Å². The summed E-state index contributed by atoms with van der Waals surface area (Å²) >= 11 is 0.828. The van der Waals surface area contributed by atoms with E-state index in [4.69, 9.17) is 5.11 Å². The minimum atomic E-state index is -3.58. The molecule has 1 aliphatic rings. The van der Waals surface area contributed by atoms with Crippen LogP contribution in [0.3, 0.4) is 0 Å². The Bertz CT molecular complexity index is 621. The van der Waals surface area contributed by atoms with E-state index in [9.17, 15) is 13.2 Å². The lowest BCUT2D eigenvalue weighted by Crippen LogP contribution is -2.34. The van der Waals surface area contributed by atoms with Crippen LogP contribution >= 0.6 is 11.3 Å². The average molecular weight is 318 g/mol. The van der Waals surface area contributed by atoms with Crippen LogP contribution in [0.1, 0.15) is 21.7 Å². The molecule has 1 atom stereocenters. The zero-order chi connectivity index (χ0) is 15.1. The average Bonchev–Trinajstić information content (AvgIpc) is 2.94. The quantitative estimate of drug-likeness (QED) is 0.899. The molecule has 1 aliphatic heterocycles. The highest BCUT2D eigenvalue weighted by molar-refractivity contribution is 7.91. The van der Waals surface area contributed by atoms with Gasteiger partial charge in [-0.3, -0.25) is 0 Å². The van der Waals surface area contributed by atoms with Gasteiger partial charge in [-0.25, -0.2) is 13.2 Å². The Labute approximate surface area is 122 Å². The van der Waals surface area contributed by atoms with Crippen LogP contribution in [-0.4, -0.2) is 61.9 Å². The second-order valence-corrected chi connectivity index (χ2v) is 8.37. The molecule has 20 heavy (non-hydrogen) atoms. The van der Waals surface area contributed by atoms with Crippen molar-refractivity contribution >= 4 is 27.3 Å². The number of carboxylic acid groups (broad SMARTS) is 1. The standard InChI is InChI=1S/C12H18N2O4S2/c1-8-6-10(19-11(8)12(15)16)20(17,18)14-5-4-9(7-14)13(2)3/h6,9H,4-5,7H2,1-3H3,(H,15,16). The fourth-order valence-electron chi connectivity index (χ4n) is 2.27. The van der Waals surface area contributed by atoms with Gasteiger partial charge in [-0.2, -0.15) is 4.31 Å². The maximum atomic E-state index is 12.5. The number of thiophene rings is 1. The molecule has 0 saturated carbocycles. The van der Waals surface area contributed by atoms with Gasteiger partial charge in [0.1, 0.15) is 9.09 Å². The Kier molecular flexibility index (Phi) is 4.19. The van der Waals surface area contributed by atoms with Crippen LogP contribution in [0, 0.1) is 6.92 Å². The lowest BCUT2D eigenvalue weighted by molar-refractivity contribution is 0.0701. The van der Waals surface area contributed by atoms with Crippen molar-refractivity contribution < 1.29 is 18.3 Å². The lowest BCUT2D eigenvalue weighted by Gasteiger charge is -2.19. The molecular weight excluding hydrogens is 300 g/mol. The third kappa shape index (κ3) is 2.73. The first kappa shape index (κ1) is 15.4. The molecule has 1 unspecified atom stereocenters. The van der Waals surface area contributed by atoms with E-state index in [1.807, 2.05) is 19.0 Å². The molecule has 2 rings (SSSR count). The Hall–Kier alpha value is -0.960. The summed E-state index contributed by atoms with van der Waals surface area (Å²) < 4.78 is 26.6. The summed E-state index contributed by atoms with van der Waals surface area (Å²) in [5.74, 6) is -1.08. The van der Waals surface area contributed by atoms with Gasteiger partial charge < -0.3 is 10.0 Å². The molecule has 0 radical (unpaired) electrons. The van der Waals surface area contributed by atoms with Crippen molar-refractivity contribution in [1.29, 1.82) is 0 Å². The second-order valence-electron chi connectivity index (χ2n) is 5.15. The number of sulfonamides is 1. The molecule has 8 heteroatoms. The molecule has 1 aromatic heterocycles. The molecule has 112 valence electrons. The normalized spacial score (nSPS) is 20.7. The van der Waals surface area contributed by atoms with Crippen molar-refractivity contribution in [2.45, 2.75) is 23.6 Å². The number of hydrogen-bond donors (Lipinski definition) is 1. The molecule has 0 bridgehead atoms. The minimum Gasteiger partial charge on any atom is -0.477 e. The predicted molar refractivity (Wildman–Crippen MR) is 76.9 cm³/mol. The van der Waals surface area contributed by atoms with E-state index >= 15 is 0 Å². The Balaban J connectivity index is 2.28. The van der Waals surface area contributed by atoms with Crippen molar-refractivity contribution in [2.24, 2.45) is 0 Å². The summed E-state index contributed by atoms with van der Waals surface area (Å²) in [5, 5.41) is 9.02. The summed E-state index contributed by atoms with van der Waals surface area (Å²) in [6.45, 7) is 2.55. The van der Waals surface area contributed by atoms with Gasteiger partial charge in [-0.05, 0) is 39.1 Å². The van der Waals surface area contributed by atoms with Crippen LogP contribution < -0.4 is 0 Å². The molecule has 1 saturated heterocycles. The molecule has 6 nitrogen and oxygen atoms in total. The van der Waals surface area contributed by atoms with Crippen molar-refractivity contribution in [3.05, 3.63) is 16.5 Å². The predicted octanol–water partition coefficient (Wildman–Crippen LogP) is 1.08. The highest BCUT2D eigenvalue weighted by Crippen LogP contribution is 2.30. The van der Waals surface area contributed by atoms with E-state index in [2.05, 4.69) is 0 Å². The number of carboxylic acids is 1. The van der Waals surface area contributed by atoms with Crippen molar-refractivity contribution in [1.82, 2.24) is 9.21 Å². The summed E-state index contributed by atoms with van der Waals surface area (Å²) in [7, 11) is 0.280. The van der Waals surface area contributed by atoms with E-state index < -0.39 is 16.0 Å². The fourth-order valence-corrected chi connectivity index (χ4v) is 5.30. The SMILES string of the molecule is Cc1cc(S(=O)(=O)N2CCC(N(C)C)C2)sc1C(=O)O. The maximum Gasteiger partial charge on any atom is 0.346 e. The van der Waals surface area contributed by atoms with Crippen LogP contribution in [0.4, 0.5) is 0 Å². The van der Waals surface area contributed by atoms with E-state index in [1.165, 1.54) is 10.4 Å². The monoisotopic (exact) mass is 318 g/mol. The summed E-state index contributed by atoms with van der Waals surface area (Å²) in [6, 6.07) is 1.66. The molecule has 0 spiro atoms. The zero-order valence-corrected chi connectivity index (χ0v) is 13.3. The molecule has 0 amide bonds. The molecule has 1 N–H and O–H groups in total. The molecule has 2 heterocycles. The molecular formula is C12H18N2O4S2. The van der Waals surface area contributed by atoms with Crippen LogP contribution in [-0.2, 0) is 10.0 Å². The number of nitrogens with zero attached hydrogens (tertiary/aromatic N) is 2. The Morgan fingerprint density at radius 2 is 2.15 bits per heavy atom. The van der Waals surface area contributed by atoms with Crippen molar-refractivity contribution in [3.8, 4) is 0 Å². The molecule has 0 aliphatic carbocycles.